The van der Waals surface area contributed by atoms with Crippen LogP contribution in [-0.4, -0.2) is 20.9 Å². The molecule has 1 fully saturated rings. The Morgan fingerprint density at radius 1 is 1.42 bits per heavy atom. The molecular formula is C13H21FN4O. The van der Waals surface area contributed by atoms with Crippen LogP contribution in [0.3, 0.4) is 0 Å². The van der Waals surface area contributed by atoms with Crippen LogP contribution in [0.25, 0.3) is 0 Å². The van der Waals surface area contributed by atoms with E-state index in [1.807, 2.05) is 0 Å². The van der Waals surface area contributed by atoms with Gasteiger partial charge in [-0.15, -0.1) is 0 Å². The standard InChI is InChI=1S/C13H21FN4O/c14-7-11(8-15)9-18-13(19)17(10-16-18)12-5-3-1-2-4-6-12/h7,10,12H,1-6,8-9,15H2/b11-7+. The molecule has 0 spiro atoms. The van der Waals surface area contributed by atoms with Gasteiger partial charge in [0.05, 0.1) is 12.9 Å². The van der Waals surface area contributed by atoms with E-state index in [9.17, 15) is 9.18 Å². The number of rotatable bonds is 4. The Morgan fingerprint density at radius 2 is 2.11 bits per heavy atom. The van der Waals surface area contributed by atoms with Gasteiger partial charge >= 0.3 is 5.69 Å². The molecule has 0 radical (unpaired) electrons. The number of nitrogens with zero attached hydrogens (tertiary/aromatic N) is 3. The summed E-state index contributed by atoms with van der Waals surface area (Å²) in [5.41, 5.74) is 5.60. The fraction of sp³-hybridized carbons (Fsp3) is 0.692. The van der Waals surface area contributed by atoms with Gasteiger partial charge in [-0.2, -0.15) is 5.10 Å². The monoisotopic (exact) mass is 268 g/mol. The fourth-order valence-electron chi connectivity index (χ4n) is 2.58. The molecule has 6 heteroatoms. The minimum atomic E-state index is -0.167. The predicted molar refractivity (Wildman–Crippen MR) is 71.5 cm³/mol. The van der Waals surface area contributed by atoms with Gasteiger partial charge in [-0.1, -0.05) is 25.7 Å². The molecule has 0 saturated heterocycles. The zero-order valence-electron chi connectivity index (χ0n) is 11.1. The average molecular weight is 268 g/mol. The number of nitrogens with two attached hydrogens (primary N) is 1. The van der Waals surface area contributed by atoms with Gasteiger partial charge in [0.15, 0.2) is 0 Å². The fourth-order valence-corrected chi connectivity index (χ4v) is 2.58. The SMILES string of the molecule is NC/C(=C\F)Cn1ncn(C2CCCCCC2)c1=O. The van der Waals surface area contributed by atoms with Crippen molar-refractivity contribution in [1.29, 1.82) is 0 Å². The summed E-state index contributed by atoms with van der Waals surface area (Å²) >= 11 is 0. The first-order valence-corrected chi connectivity index (χ1v) is 6.88. The van der Waals surface area contributed by atoms with Gasteiger partial charge in [-0.05, 0) is 18.4 Å². The Hall–Kier alpha value is -1.43. The lowest BCUT2D eigenvalue weighted by atomic mass is 10.1. The number of hydrogen-bond acceptors (Lipinski definition) is 3. The lowest BCUT2D eigenvalue weighted by Crippen LogP contribution is -2.29. The second kappa shape index (κ2) is 6.65. The highest BCUT2D eigenvalue weighted by molar-refractivity contribution is 4.99. The third kappa shape index (κ3) is 3.32. The maximum absolute atomic E-state index is 12.5. The normalized spacial score (nSPS) is 18.5. The third-order valence-corrected chi connectivity index (χ3v) is 3.74. The molecule has 1 aliphatic carbocycles. The first kappa shape index (κ1) is 14.0. The van der Waals surface area contributed by atoms with Crippen LogP contribution in [0.5, 0.6) is 0 Å². The van der Waals surface area contributed by atoms with E-state index >= 15 is 0 Å². The molecule has 2 rings (SSSR count). The van der Waals surface area contributed by atoms with Crippen molar-refractivity contribution < 1.29 is 4.39 Å². The van der Waals surface area contributed by atoms with E-state index in [-0.39, 0.29) is 24.8 Å². The molecule has 1 aromatic heterocycles. The summed E-state index contributed by atoms with van der Waals surface area (Å²) in [4.78, 5) is 12.2. The molecule has 0 aliphatic heterocycles. The van der Waals surface area contributed by atoms with E-state index in [0.29, 0.717) is 11.9 Å². The highest BCUT2D eigenvalue weighted by Gasteiger charge is 2.17. The van der Waals surface area contributed by atoms with Gasteiger partial charge in [-0.25, -0.2) is 13.9 Å². The van der Waals surface area contributed by atoms with E-state index in [2.05, 4.69) is 5.10 Å². The van der Waals surface area contributed by atoms with Crippen molar-refractivity contribution in [3.05, 3.63) is 28.7 Å². The van der Waals surface area contributed by atoms with Crippen molar-refractivity contribution in [2.75, 3.05) is 6.54 Å². The molecule has 0 amide bonds. The van der Waals surface area contributed by atoms with Crippen molar-refractivity contribution in [2.45, 2.75) is 51.1 Å². The van der Waals surface area contributed by atoms with Gasteiger partial charge in [0, 0.05) is 12.6 Å². The minimum absolute atomic E-state index is 0.0965. The van der Waals surface area contributed by atoms with Gasteiger partial charge in [0.2, 0.25) is 0 Å². The van der Waals surface area contributed by atoms with Gasteiger partial charge < -0.3 is 5.73 Å². The first-order chi connectivity index (χ1) is 9.26. The summed E-state index contributed by atoms with van der Waals surface area (Å²) in [6.07, 6.45) is 8.86. The van der Waals surface area contributed by atoms with Gasteiger partial charge in [0.25, 0.3) is 0 Å². The molecule has 106 valence electrons. The van der Waals surface area contributed by atoms with Gasteiger partial charge in [-0.3, -0.25) is 4.57 Å². The molecule has 0 atom stereocenters. The molecule has 2 N–H and O–H groups in total. The summed E-state index contributed by atoms with van der Waals surface area (Å²) in [6, 6.07) is 0.236. The molecule has 0 unspecified atom stereocenters. The van der Waals surface area contributed by atoms with Crippen LogP contribution in [0, 0.1) is 0 Å². The van der Waals surface area contributed by atoms with Crippen LogP contribution in [-0.2, 0) is 6.54 Å². The highest BCUT2D eigenvalue weighted by atomic mass is 19.1. The maximum Gasteiger partial charge on any atom is 0.346 e. The number of halogens is 1. The predicted octanol–water partition coefficient (Wildman–Crippen LogP) is 1.75. The Bertz CT molecular complexity index is 483. The molecule has 1 saturated carbocycles. The van der Waals surface area contributed by atoms with Crippen LogP contribution in [0.2, 0.25) is 0 Å². The summed E-state index contributed by atoms with van der Waals surface area (Å²) in [5, 5.41) is 4.06. The van der Waals surface area contributed by atoms with E-state index in [1.165, 1.54) is 17.5 Å². The lowest BCUT2D eigenvalue weighted by Gasteiger charge is -2.13. The lowest BCUT2D eigenvalue weighted by molar-refractivity contribution is 0.427. The highest BCUT2D eigenvalue weighted by Crippen LogP contribution is 2.25. The largest absolute Gasteiger partial charge is 0.346 e. The maximum atomic E-state index is 12.5. The Labute approximate surface area is 111 Å². The van der Waals surface area contributed by atoms with E-state index in [0.717, 1.165) is 25.7 Å². The van der Waals surface area contributed by atoms with Crippen LogP contribution in [0.4, 0.5) is 4.39 Å². The van der Waals surface area contributed by atoms with Crippen LogP contribution < -0.4 is 11.4 Å². The second-order valence-corrected chi connectivity index (χ2v) is 5.10. The molecule has 1 aliphatic rings. The zero-order chi connectivity index (χ0) is 13.7. The summed E-state index contributed by atoms with van der Waals surface area (Å²) in [7, 11) is 0. The molecule has 1 aromatic rings. The molecule has 0 aromatic carbocycles. The van der Waals surface area contributed by atoms with E-state index in [4.69, 9.17) is 5.73 Å². The van der Waals surface area contributed by atoms with Gasteiger partial charge in [0.1, 0.15) is 6.33 Å². The smallest absolute Gasteiger partial charge is 0.327 e. The molecule has 19 heavy (non-hydrogen) atoms. The second-order valence-electron chi connectivity index (χ2n) is 5.10. The van der Waals surface area contributed by atoms with E-state index in [1.54, 1.807) is 10.9 Å². The Morgan fingerprint density at radius 3 is 2.68 bits per heavy atom. The Kier molecular flexibility index (Phi) is 4.90. The topological polar surface area (TPSA) is 65.8 Å². The minimum Gasteiger partial charge on any atom is -0.327 e. The van der Waals surface area contributed by atoms with Crippen molar-refractivity contribution in [3.8, 4) is 0 Å². The average Bonchev–Trinajstić information content (AvgIpc) is 2.66. The summed E-state index contributed by atoms with van der Waals surface area (Å²) in [5.74, 6) is 0. The van der Waals surface area contributed by atoms with Crippen molar-refractivity contribution in [2.24, 2.45) is 5.73 Å². The first-order valence-electron chi connectivity index (χ1n) is 6.88. The summed E-state index contributed by atoms with van der Waals surface area (Å²) < 4.78 is 15.5. The molecule has 0 bridgehead atoms. The van der Waals surface area contributed by atoms with Crippen molar-refractivity contribution in [3.63, 3.8) is 0 Å². The zero-order valence-corrected chi connectivity index (χ0v) is 11.1. The number of aromatic nitrogens is 3. The Balaban J connectivity index is 2.15. The quantitative estimate of drug-likeness (QED) is 0.846. The van der Waals surface area contributed by atoms with E-state index < -0.39 is 0 Å². The van der Waals surface area contributed by atoms with Crippen LogP contribution in [0.1, 0.15) is 44.6 Å². The van der Waals surface area contributed by atoms with Crippen molar-refractivity contribution in [1.82, 2.24) is 14.3 Å². The van der Waals surface area contributed by atoms with Crippen LogP contribution >= 0.6 is 0 Å². The third-order valence-electron chi connectivity index (χ3n) is 3.74. The number of hydrogen-bond donors (Lipinski definition) is 1. The summed E-state index contributed by atoms with van der Waals surface area (Å²) in [6.45, 7) is 0.227. The van der Waals surface area contributed by atoms with Crippen LogP contribution in [0.15, 0.2) is 23.0 Å². The molecular weight excluding hydrogens is 247 g/mol. The molecule has 1 heterocycles. The van der Waals surface area contributed by atoms with Crippen molar-refractivity contribution >= 4 is 0 Å². The molecule has 5 nitrogen and oxygen atoms in total.